The Kier molecular flexibility index (Phi) is 6.76. The molecule has 3 aromatic rings. The molecule has 8 heteroatoms. The number of nitrogens with zero attached hydrogens (tertiary/aromatic N) is 4. The monoisotopic (exact) mass is 421 g/mol. The van der Waals surface area contributed by atoms with Gasteiger partial charge in [0.05, 0.1) is 7.11 Å². The zero-order chi connectivity index (χ0) is 21.5. The molecule has 0 aliphatic heterocycles. The first-order chi connectivity index (χ1) is 15.2. The molecule has 0 saturated heterocycles. The van der Waals surface area contributed by atoms with Gasteiger partial charge in [0.15, 0.2) is 11.5 Å². The molecule has 1 aromatic heterocycles. The molecule has 1 saturated carbocycles. The van der Waals surface area contributed by atoms with Crippen LogP contribution in [0.2, 0.25) is 0 Å². The van der Waals surface area contributed by atoms with Gasteiger partial charge in [0, 0.05) is 11.6 Å². The Morgan fingerprint density at radius 3 is 2.68 bits per heavy atom. The summed E-state index contributed by atoms with van der Waals surface area (Å²) in [5.74, 6) is 1.56. The van der Waals surface area contributed by atoms with Crippen molar-refractivity contribution in [3.63, 3.8) is 0 Å². The second-order valence-electron chi connectivity index (χ2n) is 7.69. The molecule has 0 spiro atoms. The van der Waals surface area contributed by atoms with E-state index in [1.54, 1.807) is 7.11 Å². The summed E-state index contributed by atoms with van der Waals surface area (Å²) in [5, 5.41) is 15.5. The standard InChI is InChI=1S/C23H27N5O3/c1-30-21-14-18(12-13-20(21)31-16-17-8-4-2-5-9-17)23-25-27-28(26-23)15-22(29)24-19-10-6-3-7-11-19/h2,4-5,8-9,12-14,19H,3,6-7,10-11,15-16H2,1H3,(H,24,29). The summed E-state index contributed by atoms with van der Waals surface area (Å²) < 4.78 is 11.4. The maximum absolute atomic E-state index is 12.3. The lowest BCUT2D eigenvalue weighted by atomic mass is 9.95. The first-order valence-corrected chi connectivity index (χ1v) is 10.6. The lowest BCUT2D eigenvalue weighted by Crippen LogP contribution is -2.38. The van der Waals surface area contributed by atoms with Crippen LogP contribution in [0.1, 0.15) is 37.7 Å². The number of carbonyl (C=O) groups is 1. The third-order valence-corrected chi connectivity index (χ3v) is 5.37. The van der Waals surface area contributed by atoms with E-state index in [4.69, 9.17) is 9.47 Å². The van der Waals surface area contributed by atoms with E-state index < -0.39 is 0 Å². The minimum Gasteiger partial charge on any atom is -0.493 e. The van der Waals surface area contributed by atoms with Gasteiger partial charge in [-0.3, -0.25) is 4.79 Å². The summed E-state index contributed by atoms with van der Waals surface area (Å²) in [5.41, 5.74) is 1.81. The van der Waals surface area contributed by atoms with Crippen molar-refractivity contribution in [1.82, 2.24) is 25.5 Å². The summed E-state index contributed by atoms with van der Waals surface area (Å²) in [4.78, 5) is 13.6. The van der Waals surface area contributed by atoms with Crippen molar-refractivity contribution < 1.29 is 14.3 Å². The van der Waals surface area contributed by atoms with Gasteiger partial charge in [-0.25, -0.2) is 0 Å². The van der Waals surface area contributed by atoms with Crippen LogP contribution in [-0.2, 0) is 17.9 Å². The predicted molar refractivity (Wildman–Crippen MR) is 116 cm³/mol. The number of nitrogens with one attached hydrogen (secondary N) is 1. The summed E-state index contributed by atoms with van der Waals surface area (Å²) in [7, 11) is 1.59. The molecule has 0 bridgehead atoms. The molecule has 162 valence electrons. The normalized spacial score (nSPS) is 14.2. The number of rotatable bonds is 8. The number of carbonyl (C=O) groups excluding carboxylic acids is 1. The molecule has 2 aromatic carbocycles. The highest BCUT2D eigenvalue weighted by Gasteiger charge is 2.17. The molecule has 4 rings (SSSR count). The topological polar surface area (TPSA) is 91.2 Å². The number of hydrogen-bond donors (Lipinski definition) is 1. The van der Waals surface area contributed by atoms with Crippen LogP contribution in [0.4, 0.5) is 0 Å². The number of methoxy groups -OCH3 is 1. The molecular weight excluding hydrogens is 394 g/mol. The Labute approximate surface area is 181 Å². The van der Waals surface area contributed by atoms with Crippen molar-refractivity contribution in [2.45, 2.75) is 51.3 Å². The lowest BCUT2D eigenvalue weighted by Gasteiger charge is -2.22. The van der Waals surface area contributed by atoms with E-state index in [-0.39, 0.29) is 18.5 Å². The summed E-state index contributed by atoms with van der Waals surface area (Å²) >= 11 is 0. The van der Waals surface area contributed by atoms with Crippen LogP contribution >= 0.6 is 0 Å². The molecule has 0 radical (unpaired) electrons. The Hall–Kier alpha value is -3.42. The quantitative estimate of drug-likeness (QED) is 0.600. The minimum atomic E-state index is -0.0851. The SMILES string of the molecule is COc1cc(-c2nnn(CC(=O)NC3CCCCC3)n2)ccc1OCc1ccccc1. The zero-order valence-corrected chi connectivity index (χ0v) is 17.7. The minimum absolute atomic E-state index is 0.0545. The van der Waals surface area contributed by atoms with Crippen molar-refractivity contribution in [2.75, 3.05) is 7.11 Å². The largest absolute Gasteiger partial charge is 0.493 e. The van der Waals surface area contributed by atoms with Crippen molar-refractivity contribution in [1.29, 1.82) is 0 Å². The zero-order valence-electron chi connectivity index (χ0n) is 17.7. The molecular formula is C23H27N5O3. The smallest absolute Gasteiger partial charge is 0.243 e. The van der Waals surface area contributed by atoms with Gasteiger partial charge in [0.1, 0.15) is 13.2 Å². The molecule has 0 atom stereocenters. The molecule has 31 heavy (non-hydrogen) atoms. The van der Waals surface area contributed by atoms with E-state index in [0.29, 0.717) is 23.9 Å². The third-order valence-electron chi connectivity index (χ3n) is 5.37. The van der Waals surface area contributed by atoms with Crippen LogP contribution in [-0.4, -0.2) is 39.3 Å². The van der Waals surface area contributed by atoms with E-state index >= 15 is 0 Å². The van der Waals surface area contributed by atoms with Crippen LogP contribution in [0.3, 0.4) is 0 Å². The van der Waals surface area contributed by atoms with E-state index in [2.05, 4.69) is 20.7 Å². The second-order valence-corrected chi connectivity index (χ2v) is 7.69. The van der Waals surface area contributed by atoms with Gasteiger partial charge in [-0.05, 0) is 41.8 Å². The van der Waals surface area contributed by atoms with E-state index in [1.165, 1.54) is 24.1 Å². The van der Waals surface area contributed by atoms with Crippen molar-refractivity contribution in [3.05, 3.63) is 54.1 Å². The Morgan fingerprint density at radius 1 is 1.10 bits per heavy atom. The molecule has 1 heterocycles. The molecule has 1 amide bonds. The molecule has 1 fully saturated rings. The van der Waals surface area contributed by atoms with Gasteiger partial charge in [-0.1, -0.05) is 49.6 Å². The van der Waals surface area contributed by atoms with Crippen LogP contribution < -0.4 is 14.8 Å². The Morgan fingerprint density at radius 2 is 1.90 bits per heavy atom. The molecule has 8 nitrogen and oxygen atoms in total. The highest BCUT2D eigenvalue weighted by atomic mass is 16.5. The highest BCUT2D eigenvalue weighted by molar-refractivity contribution is 5.75. The molecule has 0 unspecified atom stereocenters. The van der Waals surface area contributed by atoms with Crippen LogP contribution in [0.5, 0.6) is 11.5 Å². The molecule has 1 aliphatic rings. The predicted octanol–water partition coefficient (Wildman–Crippen LogP) is 3.38. The van der Waals surface area contributed by atoms with Gasteiger partial charge in [-0.2, -0.15) is 4.80 Å². The van der Waals surface area contributed by atoms with Crippen LogP contribution in [0.25, 0.3) is 11.4 Å². The molecule has 1 aliphatic carbocycles. The van der Waals surface area contributed by atoms with E-state index in [1.807, 2.05) is 48.5 Å². The van der Waals surface area contributed by atoms with Gasteiger partial charge < -0.3 is 14.8 Å². The van der Waals surface area contributed by atoms with Crippen LogP contribution in [0.15, 0.2) is 48.5 Å². The van der Waals surface area contributed by atoms with Gasteiger partial charge >= 0.3 is 0 Å². The van der Waals surface area contributed by atoms with Gasteiger partial charge in [0.2, 0.25) is 11.7 Å². The average molecular weight is 422 g/mol. The third kappa shape index (κ3) is 5.59. The first kappa shape index (κ1) is 20.8. The summed E-state index contributed by atoms with van der Waals surface area (Å²) in [6, 6.07) is 15.7. The fourth-order valence-electron chi connectivity index (χ4n) is 3.74. The number of benzene rings is 2. The van der Waals surface area contributed by atoms with Gasteiger partial charge in [0.25, 0.3) is 0 Å². The summed E-state index contributed by atoms with van der Waals surface area (Å²) in [6.07, 6.45) is 5.67. The number of hydrogen-bond acceptors (Lipinski definition) is 6. The van der Waals surface area contributed by atoms with Crippen molar-refractivity contribution >= 4 is 5.91 Å². The van der Waals surface area contributed by atoms with E-state index in [0.717, 1.165) is 24.0 Å². The number of aromatic nitrogens is 4. The maximum Gasteiger partial charge on any atom is 0.243 e. The Balaban J connectivity index is 1.39. The number of tetrazole rings is 1. The maximum atomic E-state index is 12.3. The van der Waals surface area contributed by atoms with Gasteiger partial charge in [-0.15, -0.1) is 10.2 Å². The van der Waals surface area contributed by atoms with Crippen molar-refractivity contribution in [3.8, 4) is 22.9 Å². The van der Waals surface area contributed by atoms with E-state index in [9.17, 15) is 4.79 Å². The number of ether oxygens (including phenoxy) is 2. The second kappa shape index (κ2) is 10.1. The highest BCUT2D eigenvalue weighted by Crippen LogP contribution is 2.31. The molecule has 1 N–H and O–H groups in total. The number of amides is 1. The first-order valence-electron chi connectivity index (χ1n) is 10.6. The average Bonchev–Trinajstić information content (AvgIpc) is 3.27. The van der Waals surface area contributed by atoms with Crippen LogP contribution in [0, 0.1) is 0 Å². The Bertz CT molecular complexity index is 999. The summed E-state index contributed by atoms with van der Waals surface area (Å²) in [6.45, 7) is 0.500. The van der Waals surface area contributed by atoms with Crippen molar-refractivity contribution in [2.24, 2.45) is 0 Å². The lowest BCUT2D eigenvalue weighted by molar-refractivity contribution is -0.123. The fraction of sp³-hybridized carbons (Fsp3) is 0.391. The fourth-order valence-corrected chi connectivity index (χ4v) is 3.74.